The standard InChI is InChI=1S/C75H112O12/c1-4-7-10-13-16-19-22-25-28-31-34-37-40-43-46-49-52-55-58-61-67(76)83-64-66(85-68(77)62-59-56-53-50-47-44-41-38-35-32-29-26-23-20-17-14-11-8-5-2)65-84-75-73(71(80)70(79)72(87-75)74(81)82)86-69(78)63-60-57-54-51-48-45-42-39-36-33-30-27-24-21-18-15-12-9-6-3/h7-12,16-21,25-30,34-39,43,45-46,48,52,55,66,70-73,75,79-80H,4-6,13-15,22-24,31-33,40-42,44,47,49-51,53-54,56-65H2,1-3H3,(H,81,82)/b10-7-,11-8-,12-9-,19-16-,20-17-,21-18-,28-25-,29-26-,30-27-,37-34-,38-35-,39-36-,46-43-,48-45-,55-52-. The molecule has 0 saturated carbocycles. The van der Waals surface area contributed by atoms with E-state index >= 15 is 0 Å². The van der Waals surface area contributed by atoms with Crippen molar-refractivity contribution in [1.82, 2.24) is 0 Å². The number of carboxylic acid groups (broad SMARTS) is 1. The van der Waals surface area contributed by atoms with Gasteiger partial charge in [-0.25, -0.2) is 4.79 Å². The number of aliphatic carboxylic acids is 1. The first-order valence-electron chi connectivity index (χ1n) is 32.8. The molecule has 1 rings (SSSR count). The average Bonchev–Trinajstić information content (AvgIpc) is 2.56. The molecule has 0 spiro atoms. The number of aliphatic hydroxyl groups is 2. The number of hydrogen-bond acceptors (Lipinski definition) is 11. The van der Waals surface area contributed by atoms with Crippen molar-refractivity contribution in [2.45, 2.75) is 250 Å². The van der Waals surface area contributed by atoms with Gasteiger partial charge in [-0.1, -0.05) is 235 Å². The third-order valence-electron chi connectivity index (χ3n) is 13.5. The van der Waals surface area contributed by atoms with E-state index in [-0.39, 0.29) is 25.9 Å². The molecule has 3 N–H and O–H groups in total. The maximum absolute atomic E-state index is 13.2. The number of ether oxygens (including phenoxy) is 5. The summed E-state index contributed by atoms with van der Waals surface area (Å²) in [6, 6.07) is 0. The van der Waals surface area contributed by atoms with Crippen molar-refractivity contribution in [1.29, 1.82) is 0 Å². The lowest BCUT2D eigenvalue weighted by molar-refractivity contribution is -0.301. The van der Waals surface area contributed by atoms with E-state index in [1.165, 1.54) is 0 Å². The Morgan fingerprint density at radius 2 is 0.713 bits per heavy atom. The molecule has 0 bridgehead atoms. The largest absolute Gasteiger partial charge is 0.479 e. The number of allylic oxidation sites excluding steroid dienone is 30. The average molecular weight is 1210 g/mol. The predicted octanol–water partition coefficient (Wildman–Crippen LogP) is 18.0. The molecule has 0 radical (unpaired) electrons. The molecule has 484 valence electrons. The summed E-state index contributed by atoms with van der Waals surface area (Å²) in [6.45, 7) is 5.56. The second kappa shape index (κ2) is 60.1. The van der Waals surface area contributed by atoms with Gasteiger partial charge in [-0.15, -0.1) is 0 Å². The highest BCUT2D eigenvalue weighted by molar-refractivity contribution is 5.74. The molecule has 0 amide bonds. The lowest BCUT2D eigenvalue weighted by atomic mass is 9.98. The molecule has 1 fully saturated rings. The zero-order chi connectivity index (χ0) is 63.1. The number of rotatable bonds is 53. The van der Waals surface area contributed by atoms with Crippen LogP contribution < -0.4 is 0 Å². The van der Waals surface area contributed by atoms with Crippen LogP contribution in [0.2, 0.25) is 0 Å². The number of hydrogen-bond donors (Lipinski definition) is 3. The minimum Gasteiger partial charge on any atom is -0.479 e. The zero-order valence-electron chi connectivity index (χ0n) is 53.4. The summed E-state index contributed by atoms with van der Waals surface area (Å²) in [6.07, 6.45) is 78.5. The van der Waals surface area contributed by atoms with Gasteiger partial charge in [0, 0.05) is 19.3 Å². The summed E-state index contributed by atoms with van der Waals surface area (Å²) in [5.74, 6) is -3.32. The lowest BCUT2D eigenvalue weighted by Crippen LogP contribution is -2.61. The number of carbonyl (C=O) groups excluding carboxylic acids is 3. The van der Waals surface area contributed by atoms with Crippen molar-refractivity contribution in [2.75, 3.05) is 13.2 Å². The van der Waals surface area contributed by atoms with Gasteiger partial charge in [-0.3, -0.25) is 14.4 Å². The van der Waals surface area contributed by atoms with E-state index in [2.05, 4.69) is 191 Å². The predicted molar refractivity (Wildman–Crippen MR) is 358 cm³/mol. The normalized spacial score (nSPS) is 18.6. The topological polar surface area (TPSA) is 175 Å². The quantitative estimate of drug-likeness (QED) is 0.0228. The maximum Gasteiger partial charge on any atom is 0.335 e. The summed E-state index contributed by atoms with van der Waals surface area (Å²) >= 11 is 0. The van der Waals surface area contributed by atoms with Crippen LogP contribution in [0.15, 0.2) is 182 Å². The van der Waals surface area contributed by atoms with E-state index in [1.54, 1.807) is 0 Å². The van der Waals surface area contributed by atoms with E-state index in [4.69, 9.17) is 23.7 Å². The van der Waals surface area contributed by atoms with Crippen LogP contribution in [0.25, 0.3) is 0 Å². The second-order valence-corrected chi connectivity index (χ2v) is 21.2. The molecular formula is C75H112O12. The third kappa shape index (κ3) is 49.5. The van der Waals surface area contributed by atoms with Crippen molar-refractivity contribution in [3.63, 3.8) is 0 Å². The van der Waals surface area contributed by atoms with Gasteiger partial charge in [-0.2, -0.15) is 0 Å². The van der Waals surface area contributed by atoms with Crippen LogP contribution in [0, 0.1) is 0 Å². The smallest absolute Gasteiger partial charge is 0.335 e. The molecule has 1 aliphatic heterocycles. The van der Waals surface area contributed by atoms with E-state index in [0.717, 1.165) is 148 Å². The number of esters is 3. The molecule has 0 aromatic carbocycles. The molecule has 87 heavy (non-hydrogen) atoms. The Bertz CT molecular complexity index is 2210. The second-order valence-electron chi connectivity index (χ2n) is 21.2. The van der Waals surface area contributed by atoms with Crippen LogP contribution in [0.1, 0.15) is 213 Å². The number of carbonyl (C=O) groups is 4. The van der Waals surface area contributed by atoms with Crippen molar-refractivity contribution in [3.8, 4) is 0 Å². The first kappa shape index (κ1) is 78.8. The Hall–Kier alpha value is -6.18. The fraction of sp³-hybridized carbons (Fsp3) is 0.547. The van der Waals surface area contributed by atoms with Crippen LogP contribution in [0.4, 0.5) is 0 Å². The Morgan fingerprint density at radius 3 is 1.10 bits per heavy atom. The molecule has 1 heterocycles. The Morgan fingerprint density at radius 1 is 0.379 bits per heavy atom. The van der Waals surface area contributed by atoms with Crippen LogP contribution >= 0.6 is 0 Å². The molecule has 6 unspecified atom stereocenters. The molecule has 0 aromatic rings. The molecular weight excluding hydrogens is 1090 g/mol. The maximum atomic E-state index is 13.2. The first-order valence-corrected chi connectivity index (χ1v) is 32.8. The highest BCUT2D eigenvalue weighted by Gasteiger charge is 2.50. The minimum absolute atomic E-state index is 0.000845. The highest BCUT2D eigenvalue weighted by Crippen LogP contribution is 2.26. The molecule has 12 heteroatoms. The van der Waals surface area contributed by atoms with Crippen molar-refractivity contribution >= 4 is 23.9 Å². The van der Waals surface area contributed by atoms with Crippen LogP contribution in [0.3, 0.4) is 0 Å². The monoisotopic (exact) mass is 1200 g/mol. The summed E-state index contributed by atoms with van der Waals surface area (Å²) in [4.78, 5) is 51.4. The van der Waals surface area contributed by atoms with Gasteiger partial charge in [0.1, 0.15) is 18.8 Å². The summed E-state index contributed by atoms with van der Waals surface area (Å²) in [5, 5.41) is 31.6. The molecule has 1 saturated heterocycles. The van der Waals surface area contributed by atoms with E-state index in [0.29, 0.717) is 25.7 Å². The Kier molecular flexibility index (Phi) is 54.5. The Balaban J connectivity index is 2.76. The summed E-state index contributed by atoms with van der Waals surface area (Å²) in [5.41, 5.74) is 0. The van der Waals surface area contributed by atoms with Gasteiger partial charge >= 0.3 is 23.9 Å². The zero-order valence-corrected chi connectivity index (χ0v) is 53.4. The van der Waals surface area contributed by atoms with Crippen LogP contribution in [0.5, 0.6) is 0 Å². The van der Waals surface area contributed by atoms with Gasteiger partial charge in [0.25, 0.3) is 0 Å². The lowest BCUT2D eigenvalue weighted by Gasteiger charge is -2.40. The van der Waals surface area contributed by atoms with Crippen molar-refractivity contribution in [3.05, 3.63) is 182 Å². The minimum atomic E-state index is -1.94. The molecule has 0 aliphatic carbocycles. The third-order valence-corrected chi connectivity index (χ3v) is 13.5. The van der Waals surface area contributed by atoms with E-state index in [9.17, 15) is 34.5 Å². The van der Waals surface area contributed by atoms with Gasteiger partial charge in [0.05, 0.1) is 6.61 Å². The molecule has 1 aliphatic rings. The summed E-state index contributed by atoms with van der Waals surface area (Å²) < 4.78 is 28.4. The van der Waals surface area contributed by atoms with Gasteiger partial charge < -0.3 is 39.0 Å². The van der Waals surface area contributed by atoms with Gasteiger partial charge in [0.2, 0.25) is 0 Å². The molecule has 12 nitrogen and oxygen atoms in total. The van der Waals surface area contributed by atoms with Gasteiger partial charge in [0.15, 0.2) is 24.6 Å². The molecule has 6 atom stereocenters. The van der Waals surface area contributed by atoms with E-state index < -0.39 is 67.3 Å². The Labute approximate surface area is 525 Å². The van der Waals surface area contributed by atoms with E-state index in [1.807, 2.05) is 12.2 Å². The number of unbranched alkanes of at least 4 members (excludes halogenated alkanes) is 9. The van der Waals surface area contributed by atoms with Crippen molar-refractivity contribution in [2.24, 2.45) is 0 Å². The molecule has 0 aromatic heterocycles. The summed E-state index contributed by atoms with van der Waals surface area (Å²) in [7, 11) is 0. The number of aliphatic hydroxyl groups excluding tert-OH is 2. The fourth-order valence-electron chi connectivity index (χ4n) is 8.59. The van der Waals surface area contributed by atoms with Gasteiger partial charge in [-0.05, 0) is 141 Å². The van der Waals surface area contributed by atoms with Crippen molar-refractivity contribution < 1.29 is 58.2 Å². The first-order chi connectivity index (χ1) is 42.6. The SMILES string of the molecule is CC/C=C\C/C=C\C/C=C\C/C=C\C/C=C\C/C=C\CCC(=O)OCC(COC1OC(C(=O)O)C(O)C(O)C1OC(=O)CCCCC/C=C\C/C=C\C/C=C\C/C=C\C/C=C\CC)OC(=O)CCCCCCCC/C=C\C/C=C\C/C=C\C/C=C\CC. The fourth-order valence-corrected chi connectivity index (χ4v) is 8.59. The number of carboxylic acids is 1. The van der Waals surface area contributed by atoms with Crippen LogP contribution in [-0.4, -0.2) is 89.2 Å². The van der Waals surface area contributed by atoms with Crippen LogP contribution in [-0.2, 0) is 42.9 Å². The highest BCUT2D eigenvalue weighted by atomic mass is 16.7.